The van der Waals surface area contributed by atoms with E-state index in [4.69, 9.17) is 10.8 Å². The molecule has 114 valence electrons. The molecule has 0 aliphatic carbocycles. The molecule has 0 bridgehead atoms. The molecule has 1 heterocycles. The quantitative estimate of drug-likeness (QED) is 0.914. The Balaban J connectivity index is 2.29. The van der Waals surface area contributed by atoms with E-state index in [1.54, 1.807) is 0 Å². The van der Waals surface area contributed by atoms with Crippen molar-refractivity contribution in [1.82, 2.24) is 9.78 Å². The summed E-state index contributed by atoms with van der Waals surface area (Å²) in [7, 11) is 0. The first-order valence-corrected chi connectivity index (χ1v) is 7.77. The summed E-state index contributed by atoms with van der Waals surface area (Å²) >= 11 is 0. The number of aromatic nitrogens is 2. The highest BCUT2D eigenvalue weighted by Crippen LogP contribution is 2.19. The number of aryl methyl sites for hydroxylation is 3. The minimum atomic E-state index is 0.223. The molecule has 3 heteroatoms. The summed E-state index contributed by atoms with van der Waals surface area (Å²) in [6.45, 7) is 11.5. The van der Waals surface area contributed by atoms with Gasteiger partial charge in [-0.15, -0.1) is 0 Å². The molecule has 0 amide bonds. The van der Waals surface area contributed by atoms with E-state index >= 15 is 0 Å². The van der Waals surface area contributed by atoms with E-state index in [9.17, 15) is 0 Å². The summed E-state index contributed by atoms with van der Waals surface area (Å²) in [5, 5.41) is 4.72. The van der Waals surface area contributed by atoms with Gasteiger partial charge in [-0.1, -0.05) is 30.7 Å². The summed E-state index contributed by atoms with van der Waals surface area (Å²) in [4.78, 5) is 0. The van der Waals surface area contributed by atoms with Gasteiger partial charge >= 0.3 is 0 Å². The van der Waals surface area contributed by atoms with E-state index in [0.29, 0.717) is 0 Å². The van der Waals surface area contributed by atoms with E-state index in [-0.39, 0.29) is 6.04 Å². The van der Waals surface area contributed by atoms with Crippen LogP contribution in [-0.2, 0) is 13.0 Å². The van der Waals surface area contributed by atoms with E-state index < -0.39 is 0 Å². The van der Waals surface area contributed by atoms with Gasteiger partial charge in [-0.3, -0.25) is 4.68 Å². The summed E-state index contributed by atoms with van der Waals surface area (Å²) in [6.07, 6.45) is 1.92. The van der Waals surface area contributed by atoms with Crippen LogP contribution in [0.15, 0.2) is 18.2 Å². The molecule has 2 aromatic rings. The van der Waals surface area contributed by atoms with Gasteiger partial charge in [0, 0.05) is 11.7 Å². The van der Waals surface area contributed by atoms with Crippen LogP contribution in [0.1, 0.15) is 47.0 Å². The first kappa shape index (κ1) is 15.8. The third-order valence-corrected chi connectivity index (χ3v) is 4.35. The predicted octanol–water partition coefficient (Wildman–Crippen LogP) is 3.44. The van der Waals surface area contributed by atoms with Crippen LogP contribution in [0.25, 0.3) is 0 Å². The highest BCUT2D eigenvalue weighted by atomic mass is 15.3. The van der Waals surface area contributed by atoms with Gasteiger partial charge in [-0.05, 0) is 57.2 Å². The molecule has 0 saturated heterocycles. The lowest BCUT2D eigenvalue weighted by molar-refractivity contribution is 0.635. The molecule has 1 aromatic carbocycles. The van der Waals surface area contributed by atoms with Crippen molar-refractivity contribution in [2.24, 2.45) is 5.73 Å². The van der Waals surface area contributed by atoms with Crippen LogP contribution in [0.2, 0.25) is 0 Å². The highest BCUT2D eigenvalue weighted by Gasteiger charge is 2.14. The first-order valence-electron chi connectivity index (χ1n) is 7.77. The van der Waals surface area contributed by atoms with E-state index in [1.165, 1.54) is 27.9 Å². The van der Waals surface area contributed by atoms with Gasteiger partial charge in [0.25, 0.3) is 0 Å². The predicted molar refractivity (Wildman–Crippen MR) is 88.7 cm³/mol. The molecule has 2 N–H and O–H groups in total. The van der Waals surface area contributed by atoms with E-state index in [1.807, 2.05) is 0 Å². The molecule has 0 fully saturated rings. The number of hydrogen-bond donors (Lipinski definition) is 1. The topological polar surface area (TPSA) is 43.8 Å². The van der Waals surface area contributed by atoms with Crippen LogP contribution in [0.3, 0.4) is 0 Å². The molecule has 0 spiro atoms. The Morgan fingerprint density at radius 1 is 1.19 bits per heavy atom. The second kappa shape index (κ2) is 6.44. The molecular formula is C18H27N3. The molecule has 2 rings (SSSR count). The van der Waals surface area contributed by atoms with Crippen molar-refractivity contribution in [1.29, 1.82) is 0 Å². The average molecular weight is 285 g/mol. The minimum Gasteiger partial charge on any atom is -0.327 e. The molecule has 0 saturated carbocycles. The average Bonchev–Trinajstić information content (AvgIpc) is 2.70. The number of benzene rings is 1. The van der Waals surface area contributed by atoms with Crippen LogP contribution < -0.4 is 5.73 Å². The summed E-state index contributed by atoms with van der Waals surface area (Å²) in [5.41, 5.74) is 13.7. The molecular weight excluding hydrogens is 258 g/mol. The Hall–Kier alpha value is -1.61. The van der Waals surface area contributed by atoms with Crippen molar-refractivity contribution < 1.29 is 0 Å². The third-order valence-electron chi connectivity index (χ3n) is 4.35. The van der Waals surface area contributed by atoms with Crippen LogP contribution in [-0.4, -0.2) is 15.8 Å². The second-order valence-electron chi connectivity index (χ2n) is 6.11. The van der Waals surface area contributed by atoms with Gasteiger partial charge in [0.05, 0.1) is 12.2 Å². The summed E-state index contributed by atoms with van der Waals surface area (Å²) in [5.74, 6) is 0. The Morgan fingerprint density at radius 3 is 2.57 bits per heavy atom. The van der Waals surface area contributed by atoms with Crippen molar-refractivity contribution >= 4 is 0 Å². The Labute approximate surface area is 128 Å². The number of hydrogen-bond acceptors (Lipinski definition) is 2. The van der Waals surface area contributed by atoms with Crippen LogP contribution in [0.4, 0.5) is 0 Å². The second-order valence-corrected chi connectivity index (χ2v) is 6.11. The zero-order valence-corrected chi connectivity index (χ0v) is 13.9. The van der Waals surface area contributed by atoms with E-state index in [2.05, 4.69) is 57.5 Å². The van der Waals surface area contributed by atoms with Gasteiger partial charge < -0.3 is 5.73 Å². The number of nitrogens with two attached hydrogens (primary N) is 1. The van der Waals surface area contributed by atoms with Crippen LogP contribution in [0, 0.1) is 27.7 Å². The summed E-state index contributed by atoms with van der Waals surface area (Å²) in [6, 6.07) is 6.82. The van der Waals surface area contributed by atoms with Crippen molar-refractivity contribution in [2.45, 2.75) is 60.0 Å². The van der Waals surface area contributed by atoms with Crippen molar-refractivity contribution in [2.75, 3.05) is 0 Å². The lowest BCUT2D eigenvalue weighted by Gasteiger charge is -2.11. The number of rotatable bonds is 5. The normalized spacial score (nSPS) is 12.7. The Morgan fingerprint density at radius 2 is 1.90 bits per heavy atom. The van der Waals surface area contributed by atoms with Crippen molar-refractivity contribution in [3.8, 4) is 0 Å². The first-order chi connectivity index (χ1) is 9.92. The molecule has 1 aromatic heterocycles. The fourth-order valence-electron chi connectivity index (χ4n) is 2.72. The highest BCUT2D eigenvalue weighted by molar-refractivity contribution is 5.32. The zero-order valence-electron chi connectivity index (χ0n) is 13.9. The lowest BCUT2D eigenvalue weighted by atomic mass is 10.0. The standard InChI is InChI=1S/C18H27N3/c1-6-17(19)10-18-14(4)20-21(15(18)5)11-16-9-12(2)7-8-13(16)3/h7-9,17H,6,10-11,19H2,1-5H3. The van der Waals surface area contributed by atoms with Gasteiger partial charge in [-0.2, -0.15) is 5.10 Å². The fourth-order valence-corrected chi connectivity index (χ4v) is 2.72. The maximum Gasteiger partial charge on any atom is 0.0665 e. The fraction of sp³-hybridized carbons (Fsp3) is 0.500. The summed E-state index contributed by atoms with van der Waals surface area (Å²) < 4.78 is 2.12. The van der Waals surface area contributed by atoms with Gasteiger partial charge in [-0.25, -0.2) is 0 Å². The largest absolute Gasteiger partial charge is 0.327 e. The van der Waals surface area contributed by atoms with Gasteiger partial charge in [0.15, 0.2) is 0 Å². The van der Waals surface area contributed by atoms with E-state index in [0.717, 1.165) is 25.1 Å². The molecule has 0 aliphatic rings. The molecule has 1 atom stereocenters. The van der Waals surface area contributed by atoms with Crippen LogP contribution >= 0.6 is 0 Å². The van der Waals surface area contributed by atoms with Crippen LogP contribution in [0.5, 0.6) is 0 Å². The van der Waals surface area contributed by atoms with Crippen molar-refractivity contribution in [3.05, 3.63) is 51.8 Å². The number of nitrogens with zero attached hydrogens (tertiary/aromatic N) is 2. The van der Waals surface area contributed by atoms with Gasteiger partial charge in [0.2, 0.25) is 0 Å². The zero-order chi connectivity index (χ0) is 15.6. The lowest BCUT2D eigenvalue weighted by Crippen LogP contribution is -2.22. The monoisotopic (exact) mass is 285 g/mol. The molecule has 0 aliphatic heterocycles. The Kier molecular flexibility index (Phi) is 4.84. The maximum absolute atomic E-state index is 6.11. The molecule has 0 radical (unpaired) electrons. The molecule has 21 heavy (non-hydrogen) atoms. The molecule has 1 unspecified atom stereocenters. The smallest absolute Gasteiger partial charge is 0.0665 e. The third kappa shape index (κ3) is 3.53. The maximum atomic E-state index is 6.11. The SMILES string of the molecule is CCC(N)Cc1c(C)nn(Cc2cc(C)ccc2C)c1C. The minimum absolute atomic E-state index is 0.223. The molecule has 3 nitrogen and oxygen atoms in total. The Bertz CT molecular complexity index is 626. The van der Waals surface area contributed by atoms with Gasteiger partial charge in [0.1, 0.15) is 0 Å². The van der Waals surface area contributed by atoms with Crippen molar-refractivity contribution in [3.63, 3.8) is 0 Å².